The molecule has 0 radical (unpaired) electrons. The summed E-state index contributed by atoms with van der Waals surface area (Å²) in [4.78, 5) is 29.1. The van der Waals surface area contributed by atoms with Crippen LogP contribution >= 0.6 is 11.3 Å². The molecule has 1 heterocycles. The molecule has 6 nitrogen and oxygen atoms in total. The highest BCUT2D eigenvalue weighted by Crippen LogP contribution is 2.28. The highest BCUT2D eigenvalue weighted by molar-refractivity contribution is 7.14. The van der Waals surface area contributed by atoms with Gasteiger partial charge in [-0.3, -0.25) is 9.59 Å². The first-order valence-electron chi connectivity index (χ1n) is 9.31. The van der Waals surface area contributed by atoms with Gasteiger partial charge in [0.15, 0.2) is 5.13 Å². The van der Waals surface area contributed by atoms with Crippen LogP contribution in [-0.4, -0.2) is 29.9 Å². The lowest BCUT2D eigenvalue weighted by molar-refractivity contribution is -0.115. The van der Waals surface area contributed by atoms with Crippen molar-refractivity contribution in [2.45, 2.75) is 20.8 Å². The van der Waals surface area contributed by atoms with E-state index >= 15 is 0 Å². The minimum absolute atomic E-state index is 0.155. The molecule has 1 aromatic heterocycles. The Hall–Kier alpha value is -3.19. The van der Waals surface area contributed by atoms with Gasteiger partial charge in [0.25, 0.3) is 5.91 Å². The number of nitrogens with one attached hydrogen (secondary N) is 2. The summed E-state index contributed by atoms with van der Waals surface area (Å²) in [5, 5.41) is 7.76. The number of para-hydroxylation sites is 1. The zero-order chi connectivity index (χ0) is 20.8. The number of carbonyl (C=O) groups excluding carboxylic acids is 2. The van der Waals surface area contributed by atoms with E-state index in [0.717, 1.165) is 22.4 Å². The molecular formula is C22H23N3O3S. The van der Waals surface area contributed by atoms with Crippen molar-refractivity contribution >= 4 is 28.3 Å². The first-order chi connectivity index (χ1) is 14.0. The number of anilines is 1. The van der Waals surface area contributed by atoms with Gasteiger partial charge >= 0.3 is 0 Å². The molecule has 29 heavy (non-hydrogen) atoms. The second-order valence-electron chi connectivity index (χ2n) is 6.52. The van der Waals surface area contributed by atoms with Crippen molar-refractivity contribution in [3.05, 3.63) is 64.5 Å². The summed E-state index contributed by atoms with van der Waals surface area (Å²) in [7, 11) is 0. The summed E-state index contributed by atoms with van der Waals surface area (Å²) < 4.78 is 5.45. The quantitative estimate of drug-likeness (QED) is 0.613. The van der Waals surface area contributed by atoms with Crippen LogP contribution in [0.3, 0.4) is 0 Å². The highest BCUT2D eigenvalue weighted by atomic mass is 32.1. The largest absolute Gasteiger partial charge is 0.493 e. The van der Waals surface area contributed by atoms with E-state index in [1.807, 2.05) is 26.2 Å². The van der Waals surface area contributed by atoms with E-state index < -0.39 is 0 Å². The van der Waals surface area contributed by atoms with E-state index in [0.29, 0.717) is 23.1 Å². The lowest BCUT2D eigenvalue weighted by atomic mass is 10.0. The number of aromatic nitrogens is 1. The number of amides is 2. The van der Waals surface area contributed by atoms with Crippen molar-refractivity contribution in [1.82, 2.24) is 10.3 Å². The summed E-state index contributed by atoms with van der Waals surface area (Å²) in [6, 6.07) is 13.1. The Morgan fingerprint density at radius 3 is 2.72 bits per heavy atom. The molecule has 7 heteroatoms. The van der Waals surface area contributed by atoms with Crippen LogP contribution in [0.25, 0.3) is 11.3 Å². The third-order valence-corrected chi connectivity index (χ3v) is 5.02. The van der Waals surface area contributed by atoms with Gasteiger partial charge in [-0.2, -0.15) is 0 Å². The van der Waals surface area contributed by atoms with E-state index in [4.69, 9.17) is 4.74 Å². The van der Waals surface area contributed by atoms with Gasteiger partial charge < -0.3 is 15.4 Å². The van der Waals surface area contributed by atoms with E-state index in [1.54, 1.807) is 24.3 Å². The Kier molecular flexibility index (Phi) is 6.61. The van der Waals surface area contributed by atoms with Crippen molar-refractivity contribution in [1.29, 1.82) is 0 Å². The number of rotatable bonds is 7. The van der Waals surface area contributed by atoms with Crippen LogP contribution < -0.4 is 15.4 Å². The van der Waals surface area contributed by atoms with E-state index in [2.05, 4.69) is 33.8 Å². The predicted octanol–water partition coefficient (Wildman–Crippen LogP) is 4.19. The normalized spacial score (nSPS) is 10.4. The molecule has 0 aliphatic rings. The van der Waals surface area contributed by atoms with E-state index in [1.165, 1.54) is 11.3 Å². The van der Waals surface area contributed by atoms with Crippen LogP contribution in [0.1, 0.15) is 28.4 Å². The fourth-order valence-corrected chi connectivity index (χ4v) is 3.55. The molecule has 3 aromatic rings. The lowest BCUT2D eigenvalue weighted by Gasteiger charge is -2.10. The average molecular weight is 410 g/mol. The van der Waals surface area contributed by atoms with Crippen LogP contribution in [0.2, 0.25) is 0 Å². The predicted molar refractivity (Wildman–Crippen MR) is 116 cm³/mol. The summed E-state index contributed by atoms with van der Waals surface area (Å²) in [6.07, 6.45) is 0. The zero-order valence-electron chi connectivity index (χ0n) is 16.6. The second-order valence-corrected chi connectivity index (χ2v) is 7.37. The Bertz CT molecular complexity index is 1030. The third kappa shape index (κ3) is 5.20. The first-order valence-corrected chi connectivity index (χ1v) is 10.2. The second kappa shape index (κ2) is 9.34. The zero-order valence-corrected chi connectivity index (χ0v) is 17.4. The van der Waals surface area contributed by atoms with E-state index in [9.17, 15) is 9.59 Å². The number of ether oxygens (including phenoxy) is 1. The SMILES string of the molecule is CCOc1ccccc1C(=O)NCC(=O)Nc1nc(-c2cc(C)ccc2C)cs1. The number of aryl methyl sites for hydroxylation is 2. The summed E-state index contributed by atoms with van der Waals surface area (Å²) in [5.74, 6) is -0.209. The standard InChI is InChI=1S/C22H23N3O3S/c1-4-28-19-8-6-5-7-16(19)21(27)23-12-20(26)25-22-24-18(13-29-22)17-11-14(2)9-10-15(17)3/h5-11,13H,4,12H2,1-3H3,(H,23,27)(H,24,25,26). The lowest BCUT2D eigenvalue weighted by Crippen LogP contribution is -2.33. The van der Waals surface area contributed by atoms with Gasteiger partial charge in [-0.1, -0.05) is 29.8 Å². The Labute approximate surface area is 173 Å². The van der Waals surface area contributed by atoms with Gasteiger partial charge in [0, 0.05) is 10.9 Å². The maximum absolute atomic E-state index is 12.4. The minimum Gasteiger partial charge on any atom is -0.493 e. The summed E-state index contributed by atoms with van der Waals surface area (Å²) in [6.45, 7) is 6.21. The van der Waals surface area contributed by atoms with Gasteiger partial charge in [0.05, 0.1) is 24.4 Å². The number of hydrogen-bond acceptors (Lipinski definition) is 5. The fourth-order valence-electron chi connectivity index (χ4n) is 2.82. The van der Waals surface area contributed by atoms with Crippen LogP contribution in [0.4, 0.5) is 5.13 Å². The molecule has 0 fully saturated rings. The number of nitrogens with zero attached hydrogens (tertiary/aromatic N) is 1. The molecule has 0 atom stereocenters. The van der Waals surface area contributed by atoms with Crippen molar-refractivity contribution in [2.24, 2.45) is 0 Å². The van der Waals surface area contributed by atoms with Crippen LogP contribution in [0.15, 0.2) is 47.8 Å². The van der Waals surface area contributed by atoms with Crippen LogP contribution in [0.5, 0.6) is 5.75 Å². The third-order valence-electron chi connectivity index (χ3n) is 4.26. The number of carbonyl (C=O) groups is 2. The molecule has 3 rings (SSSR count). The van der Waals surface area contributed by atoms with E-state index in [-0.39, 0.29) is 18.4 Å². The van der Waals surface area contributed by atoms with Crippen molar-refractivity contribution in [2.75, 3.05) is 18.5 Å². The molecule has 0 aliphatic heterocycles. The molecule has 2 aromatic carbocycles. The Morgan fingerprint density at radius 2 is 1.93 bits per heavy atom. The maximum Gasteiger partial charge on any atom is 0.255 e. The van der Waals surface area contributed by atoms with Gasteiger partial charge in [-0.15, -0.1) is 11.3 Å². The Balaban J connectivity index is 1.60. The molecule has 2 amide bonds. The number of benzene rings is 2. The molecule has 0 saturated heterocycles. The molecule has 0 bridgehead atoms. The first kappa shape index (κ1) is 20.5. The number of hydrogen-bond donors (Lipinski definition) is 2. The van der Waals surface area contributed by atoms with Crippen LogP contribution in [0, 0.1) is 13.8 Å². The van der Waals surface area contributed by atoms with Crippen molar-refractivity contribution in [3.8, 4) is 17.0 Å². The average Bonchev–Trinajstić information content (AvgIpc) is 3.17. The summed E-state index contributed by atoms with van der Waals surface area (Å²) in [5.41, 5.74) is 4.54. The highest BCUT2D eigenvalue weighted by Gasteiger charge is 2.14. The molecule has 0 saturated carbocycles. The molecule has 0 aliphatic carbocycles. The Morgan fingerprint density at radius 1 is 1.14 bits per heavy atom. The number of thiazole rings is 1. The smallest absolute Gasteiger partial charge is 0.255 e. The van der Waals surface area contributed by atoms with Crippen molar-refractivity contribution < 1.29 is 14.3 Å². The minimum atomic E-state index is -0.362. The monoisotopic (exact) mass is 409 g/mol. The van der Waals surface area contributed by atoms with Crippen molar-refractivity contribution in [3.63, 3.8) is 0 Å². The molecular weight excluding hydrogens is 386 g/mol. The van der Waals surface area contributed by atoms with Crippen LogP contribution in [-0.2, 0) is 4.79 Å². The fraction of sp³-hybridized carbons (Fsp3) is 0.227. The van der Waals surface area contributed by atoms with Gasteiger partial charge in [0.1, 0.15) is 5.75 Å². The molecule has 150 valence electrons. The van der Waals surface area contributed by atoms with Gasteiger partial charge in [-0.05, 0) is 44.5 Å². The summed E-state index contributed by atoms with van der Waals surface area (Å²) >= 11 is 1.35. The topological polar surface area (TPSA) is 80.3 Å². The molecule has 2 N–H and O–H groups in total. The molecule has 0 spiro atoms. The maximum atomic E-state index is 12.4. The molecule has 0 unspecified atom stereocenters. The van der Waals surface area contributed by atoms with Gasteiger partial charge in [-0.25, -0.2) is 4.98 Å². The van der Waals surface area contributed by atoms with Gasteiger partial charge in [0.2, 0.25) is 5.91 Å².